The Morgan fingerprint density at radius 1 is 0.491 bits per heavy atom. The van der Waals surface area contributed by atoms with Crippen LogP contribution in [0.15, 0.2) is 91.0 Å². The maximum atomic E-state index is 16.0. The Morgan fingerprint density at radius 2 is 0.905 bits per heavy atom. The van der Waals surface area contributed by atoms with E-state index in [4.69, 9.17) is 126 Å². The van der Waals surface area contributed by atoms with Gasteiger partial charge in [0.15, 0.2) is 18.0 Å². The molecule has 3 aromatic rings. The monoisotopic (exact) mass is 1770 g/mol. The molecule has 2 amide bonds. The van der Waals surface area contributed by atoms with E-state index < -0.39 is 126 Å². The predicted molar refractivity (Wildman–Crippen MR) is 461 cm³/mol. The van der Waals surface area contributed by atoms with Crippen LogP contribution in [0.1, 0.15) is 317 Å². The van der Waals surface area contributed by atoms with Crippen LogP contribution >= 0.6 is 77.4 Å². The number of benzene rings is 3. The molecule has 1 aliphatic rings. The summed E-state index contributed by atoms with van der Waals surface area (Å²) >= 11 is 37.4. The summed E-state index contributed by atoms with van der Waals surface area (Å²) in [7, 11) is -5.21. The van der Waals surface area contributed by atoms with Crippen molar-refractivity contribution in [3.63, 3.8) is 0 Å². The highest BCUT2D eigenvalue weighted by Crippen LogP contribution is 2.53. The molecule has 0 spiro atoms. The molecule has 1 aliphatic heterocycles. The van der Waals surface area contributed by atoms with Crippen molar-refractivity contribution < 1.29 is 89.5 Å². The zero-order chi connectivity index (χ0) is 84.6. The Morgan fingerprint density at radius 3 is 1.34 bits per heavy atom. The normalized spacial score (nSPS) is 16.6. The number of unbranched alkanes of at least 4 members (excludes halogenated alkanes) is 32. The molecular weight excluding hydrogens is 1630 g/mol. The van der Waals surface area contributed by atoms with Crippen LogP contribution in [0, 0.1) is 0 Å². The highest BCUT2D eigenvalue weighted by Gasteiger charge is 2.55. The van der Waals surface area contributed by atoms with Crippen LogP contribution in [-0.2, 0) is 77.5 Å². The second-order valence-corrected chi connectivity index (χ2v) is 37.2. The highest BCUT2D eigenvalue weighted by atomic mass is 35.6. The number of carbonyl (C=O) groups excluding carboxylic acids is 6. The zero-order valence-electron chi connectivity index (χ0n) is 70.0. The molecule has 2 N–H and O–H groups in total. The highest BCUT2D eigenvalue weighted by molar-refractivity contribution is 7.49. The van der Waals surface area contributed by atoms with Crippen molar-refractivity contribution in [2.45, 2.75) is 380 Å². The average molecular weight is 1770 g/mol. The lowest BCUT2D eigenvalue weighted by atomic mass is 9.96. The summed E-state index contributed by atoms with van der Waals surface area (Å²) in [6, 6.07) is 22.0. The Balaban J connectivity index is 1.89. The number of para-hydroxylation sites is 2. The van der Waals surface area contributed by atoms with E-state index in [1.807, 2.05) is 30.3 Å². The van der Waals surface area contributed by atoms with Crippen LogP contribution in [0.4, 0.5) is 9.59 Å². The van der Waals surface area contributed by atoms with Crippen molar-refractivity contribution in [2.24, 2.45) is 0 Å². The standard InChI is InChI=1S/C88H137Cl6N2O19P/c1-7-11-15-19-23-27-31-35-44-58-73(108-77(98)60-50-37-33-29-25-21-17-13-9-3)62-76(97)95-70(65-104-64-69-52-42-39-43-53-69)66-105-83-80(96-84(101)107-68-87(89,90)91)82(111-79(100)63-74(59-45-36-32-28-24-20-16-12-8-2)109-78(99)61-51-38-34-30-26-22-18-14-10-4)81(75(110-83)67-106-85(102)112-86(5,6)88(92,93)94)115-116(103,113-71-54-46-40-47-55-71)114-72-56-48-41-49-57-72/h39-43,46-49,52-57,70,73-75,80-83H,7-38,44-45,50-51,58-68H2,1-6H3,(H,95,97)(H,96,101)/t70-,73-,74-,75-,80+,81-,82-,83+/m1/s1. The van der Waals surface area contributed by atoms with E-state index in [2.05, 4.69) is 38.3 Å². The van der Waals surface area contributed by atoms with Gasteiger partial charge in [-0.25, -0.2) is 14.2 Å². The van der Waals surface area contributed by atoms with E-state index in [0.29, 0.717) is 32.1 Å². The second kappa shape index (κ2) is 61.7. The number of carbonyl (C=O) groups is 6. The van der Waals surface area contributed by atoms with Crippen LogP contribution < -0.4 is 19.7 Å². The number of halogens is 6. The van der Waals surface area contributed by atoms with Crippen molar-refractivity contribution >= 4 is 113 Å². The number of nitrogens with one attached hydrogen (secondary N) is 2. The van der Waals surface area contributed by atoms with Crippen molar-refractivity contribution in [3.8, 4) is 11.5 Å². The largest absolute Gasteiger partial charge is 0.588 e. The summed E-state index contributed by atoms with van der Waals surface area (Å²) in [5, 5.41) is 5.70. The number of alkyl halides is 6. The maximum Gasteiger partial charge on any atom is 0.588 e. The number of esters is 3. The third kappa shape index (κ3) is 48.8. The lowest BCUT2D eigenvalue weighted by molar-refractivity contribution is -0.272. The molecule has 1 fully saturated rings. The van der Waals surface area contributed by atoms with Crippen molar-refractivity contribution in [1.82, 2.24) is 10.6 Å². The first-order valence-corrected chi connectivity index (χ1v) is 46.9. The van der Waals surface area contributed by atoms with E-state index in [1.165, 1.54) is 102 Å². The number of alkyl carbamates (subject to hydrolysis) is 1. The van der Waals surface area contributed by atoms with Crippen molar-refractivity contribution in [3.05, 3.63) is 96.6 Å². The van der Waals surface area contributed by atoms with Gasteiger partial charge in [0.1, 0.15) is 55.2 Å². The van der Waals surface area contributed by atoms with Gasteiger partial charge in [0.25, 0.3) is 0 Å². The zero-order valence-corrected chi connectivity index (χ0v) is 75.4. The van der Waals surface area contributed by atoms with Crippen molar-refractivity contribution in [2.75, 3.05) is 26.4 Å². The van der Waals surface area contributed by atoms with Gasteiger partial charge in [-0.1, -0.05) is 369 Å². The van der Waals surface area contributed by atoms with Gasteiger partial charge in [0.05, 0.1) is 38.7 Å². The number of phosphoric ester groups is 1. The third-order valence-electron chi connectivity index (χ3n) is 20.0. The molecule has 8 atom stereocenters. The van der Waals surface area contributed by atoms with Gasteiger partial charge in [-0.2, -0.15) is 0 Å². The number of phosphoric acid groups is 1. The first-order chi connectivity index (χ1) is 55.7. The molecule has 0 radical (unpaired) electrons. The lowest BCUT2D eigenvalue weighted by Gasteiger charge is -2.45. The van der Waals surface area contributed by atoms with Crippen LogP contribution in [0.25, 0.3) is 0 Å². The Labute approximate surface area is 723 Å². The molecule has 116 heavy (non-hydrogen) atoms. The molecule has 4 rings (SSSR count). The SMILES string of the molecule is CCCCCCCCCCCC(=O)O[C@H](CCCCCCCCCCC)CC(=O)N[C@H](COCc1ccccc1)CO[C@H]1O[C@H](COC(=O)OC(C)(C)C(Cl)(Cl)Cl)[C@@H](OP(=O)(Oc2ccccc2)Oc2ccccc2)[C@H](OC(=O)C[C@@H](CCCCCCCCCCC)OC(=O)CCCCCCCCCCC)[C@@H]1NC(=O)OCC(Cl)(Cl)Cl. The third-order valence-corrected chi connectivity index (χ3v) is 23.1. The molecule has 0 unspecified atom stereocenters. The average Bonchev–Trinajstić information content (AvgIpc) is 0.770. The van der Waals surface area contributed by atoms with Gasteiger partial charge in [-0.3, -0.25) is 23.7 Å². The second-order valence-electron chi connectivity index (χ2n) is 31.0. The van der Waals surface area contributed by atoms with Gasteiger partial charge in [-0.15, -0.1) is 0 Å². The molecule has 1 saturated heterocycles. The van der Waals surface area contributed by atoms with Crippen LogP contribution in [-0.4, -0.2) is 125 Å². The number of rotatable bonds is 66. The molecule has 0 bridgehead atoms. The summed E-state index contributed by atoms with van der Waals surface area (Å²) in [4.78, 5) is 86.5. The molecule has 0 aromatic heterocycles. The first kappa shape index (κ1) is 104. The molecule has 660 valence electrons. The summed E-state index contributed by atoms with van der Waals surface area (Å²) in [5.74, 6) is -2.50. The minimum atomic E-state index is -5.21. The molecule has 21 nitrogen and oxygen atoms in total. The molecule has 0 saturated carbocycles. The van der Waals surface area contributed by atoms with E-state index >= 15 is 9.36 Å². The number of ether oxygens (including phenoxy) is 9. The van der Waals surface area contributed by atoms with Crippen LogP contribution in [0.3, 0.4) is 0 Å². The molecular formula is C88H137Cl6N2O19P. The number of amides is 2. The topological polar surface area (TPSA) is 254 Å². The summed E-state index contributed by atoms with van der Waals surface area (Å²) < 4.78 is 86.3. The fourth-order valence-electron chi connectivity index (χ4n) is 13.3. The summed E-state index contributed by atoms with van der Waals surface area (Å²) in [6.07, 6.45) is 25.2. The molecule has 3 aromatic carbocycles. The van der Waals surface area contributed by atoms with Gasteiger partial charge >= 0.3 is 38.0 Å². The Hall–Kier alpha value is -4.51. The van der Waals surface area contributed by atoms with Crippen LogP contribution in [0.5, 0.6) is 11.5 Å². The van der Waals surface area contributed by atoms with E-state index in [-0.39, 0.29) is 56.4 Å². The lowest BCUT2D eigenvalue weighted by Crippen LogP contribution is -2.67. The number of hydrogen-bond acceptors (Lipinski definition) is 19. The fraction of sp³-hybridized carbons (Fsp3) is 0.727. The Kier molecular flexibility index (Phi) is 55.3. The van der Waals surface area contributed by atoms with E-state index in [1.54, 1.807) is 36.4 Å². The Bertz CT molecular complexity index is 3100. The predicted octanol–water partition coefficient (Wildman–Crippen LogP) is 25.0. The van der Waals surface area contributed by atoms with Crippen molar-refractivity contribution in [1.29, 1.82) is 0 Å². The summed E-state index contributed by atoms with van der Waals surface area (Å²) in [6.45, 7) is 8.98. The minimum Gasteiger partial charge on any atom is -0.462 e. The minimum absolute atomic E-state index is 0.0262. The smallest absolute Gasteiger partial charge is 0.462 e. The molecule has 28 heteroatoms. The summed E-state index contributed by atoms with van der Waals surface area (Å²) in [5.41, 5.74) is -1.03. The molecule has 1 heterocycles. The first-order valence-electron chi connectivity index (χ1n) is 43.2. The quantitative estimate of drug-likeness (QED) is 0.0175. The van der Waals surface area contributed by atoms with E-state index in [9.17, 15) is 24.0 Å². The molecule has 0 aliphatic carbocycles. The van der Waals surface area contributed by atoms with E-state index in [0.717, 1.165) is 147 Å². The maximum absolute atomic E-state index is 16.0. The fourth-order valence-corrected chi connectivity index (χ4v) is 15.1. The van der Waals surface area contributed by atoms with Gasteiger partial charge < -0.3 is 62.3 Å². The van der Waals surface area contributed by atoms with Crippen LogP contribution in [0.2, 0.25) is 0 Å². The van der Waals surface area contributed by atoms with Gasteiger partial charge in [0, 0.05) is 12.8 Å². The van der Waals surface area contributed by atoms with Gasteiger partial charge in [-0.05, 0) is 82.2 Å². The number of hydrogen-bond donors (Lipinski definition) is 2. The van der Waals surface area contributed by atoms with Gasteiger partial charge in [0.2, 0.25) is 13.5 Å².